The molecule has 0 bridgehead atoms. The van der Waals surface area contributed by atoms with Gasteiger partial charge >= 0.3 is 0 Å². The minimum absolute atomic E-state index is 0.0551. The quantitative estimate of drug-likeness (QED) is 0.303. The monoisotopic (exact) mass is 506 g/mol. The van der Waals surface area contributed by atoms with E-state index in [0.717, 1.165) is 74.6 Å². The van der Waals surface area contributed by atoms with Crippen LogP contribution in [0, 0.1) is 5.92 Å². The fourth-order valence-corrected chi connectivity index (χ4v) is 5.12. The van der Waals surface area contributed by atoms with Crippen molar-refractivity contribution in [2.75, 3.05) is 46.4 Å². The SMILES string of the molecule is COc1cc(-c2cnc3cc(OCCCN4CCN(C(C)C)CC4)ccn23)cc(O)c1C(=O)CC1CC1. The van der Waals surface area contributed by atoms with Crippen LogP contribution in [0.3, 0.4) is 0 Å². The van der Waals surface area contributed by atoms with Crippen molar-refractivity contribution in [1.29, 1.82) is 0 Å². The van der Waals surface area contributed by atoms with Crippen LogP contribution in [0.15, 0.2) is 36.7 Å². The average Bonchev–Trinajstić information content (AvgIpc) is 3.61. The molecule has 2 aliphatic rings. The van der Waals surface area contributed by atoms with Gasteiger partial charge in [0.2, 0.25) is 0 Å². The van der Waals surface area contributed by atoms with Crippen molar-refractivity contribution in [3.8, 4) is 28.5 Å². The summed E-state index contributed by atoms with van der Waals surface area (Å²) < 4.78 is 13.5. The lowest BCUT2D eigenvalue weighted by molar-refractivity contribution is 0.0970. The number of carbonyl (C=O) groups is 1. The number of carbonyl (C=O) groups excluding carboxylic acids is 1. The van der Waals surface area contributed by atoms with Crippen LogP contribution < -0.4 is 9.47 Å². The van der Waals surface area contributed by atoms with E-state index in [4.69, 9.17) is 9.47 Å². The Hall–Kier alpha value is -3.10. The number of phenols is 1. The van der Waals surface area contributed by atoms with Gasteiger partial charge in [0.15, 0.2) is 5.78 Å². The summed E-state index contributed by atoms with van der Waals surface area (Å²) in [5, 5.41) is 10.7. The number of Topliss-reactive ketones (excluding diaryl/α,β-unsaturated/α-hetero) is 1. The number of rotatable bonds is 11. The summed E-state index contributed by atoms with van der Waals surface area (Å²) in [5.41, 5.74) is 2.56. The van der Waals surface area contributed by atoms with E-state index in [-0.39, 0.29) is 17.1 Å². The number of benzene rings is 1. The zero-order valence-electron chi connectivity index (χ0n) is 22.2. The molecule has 3 heterocycles. The third kappa shape index (κ3) is 5.91. The molecule has 1 N–H and O–H groups in total. The first kappa shape index (κ1) is 25.5. The van der Waals surface area contributed by atoms with E-state index < -0.39 is 0 Å². The molecule has 8 heteroatoms. The average molecular weight is 507 g/mol. The first-order valence-electron chi connectivity index (χ1n) is 13.4. The number of pyridine rings is 1. The van der Waals surface area contributed by atoms with Crippen molar-refractivity contribution in [1.82, 2.24) is 19.2 Å². The fraction of sp³-hybridized carbons (Fsp3) is 0.517. The first-order chi connectivity index (χ1) is 17.9. The van der Waals surface area contributed by atoms with Crippen LogP contribution in [0.25, 0.3) is 16.9 Å². The third-order valence-electron chi connectivity index (χ3n) is 7.56. The molecule has 0 radical (unpaired) electrons. The van der Waals surface area contributed by atoms with Crippen molar-refractivity contribution >= 4 is 11.4 Å². The Morgan fingerprint density at radius 3 is 2.65 bits per heavy atom. The van der Waals surface area contributed by atoms with Gasteiger partial charge in [-0.3, -0.25) is 14.1 Å². The Balaban J connectivity index is 1.21. The van der Waals surface area contributed by atoms with E-state index in [1.165, 1.54) is 7.11 Å². The van der Waals surface area contributed by atoms with Gasteiger partial charge in [0.05, 0.1) is 25.6 Å². The number of aromatic hydroxyl groups is 1. The number of ketones is 1. The molecule has 2 aromatic heterocycles. The van der Waals surface area contributed by atoms with Gasteiger partial charge in [0, 0.05) is 63.0 Å². The number of nitrogens with zero attached hydrogens (tertiary/aromatic N) is 4. The van der Waals surface area contributed by atoms with Crippen LogP contribution in [-0.4, -0.2) is 82.6 Å². The minimum atomic E-state index is -0.0684. The number of hydrogen-bond acceptors (Lipinski definition) is 7. The van der Waals surface area contributed by atoms with E-state index in [1.807, 2.05) is 22.7 Å². The van der Waals surface area contributed by atoms with Gasteiger partial charge in [-0.05, 0) is 57.2 Å². The molecule has 198 valence electrons. The molecule has 37 heavy (non-hydrogen) atoms. The van der Waals surface area contributed by atoms with Crippen LogP contribution in [-0.2, 0) is 0 Å². The number of phenolic OH excluding ortho intramolecular Hbond substituents is 1. The lowest BCUT2D eigenvalue weighted by Gasteiger charge is -2.36. The third-order valence-corrected chi connectivity index (χ3v) is 7.56. The molecule has 1 aliphatic carbocycles. The number of ether oxygens (including phenoxy) is 2. The predicted octanol–water partition coefficient (Wildman–Crippen LogP) is 4.49. The maximum Gasteiger partial charge on any atom is 0.170 e. The standard InChI is InChI=1S/C29H38N4O4/c1-20(2)32-12-10-31(11-13-32)8-4-14-37-23-7-9-33-24(19-30-28(33)18-23)22-16-26(35)29(27(17-22)36-3)25(34)15-21-5-6-21/h7,9,16-21,35H,4-6,8,10-15H2,1-3H3. The lowest BCUT2D eigenvalue weighted by atomic mass is 10.0. The fourth-order valence-electron chi connectivity index (χ4n) is 5.12. The normalized spacial score (nSPS) is 17.0. The van der Waals surface area contributed by atoms with Gasteiger partial charge < -0.3 is 19.5 Å². The molecule has 1 saturated carbocycles. The minimum Gasteiger partial charge on any atom is -0.507 e. The van der Waals surface area contributed by atoms with E-state index >= 15 is 0 Å². The predicted molar refractivity (Wildman–Crippen MR) is 144 cm³/mol. The Labute approximate surface area is 218 Å². The molecule has 8 nitrogen and oxygen atoms in total. The molecule has 2 fully saturated rings. The molecular weight excluding hydrogens is 468 g/mol. The highest BCUT2D eigenvalue weighted by Gasteiger charge is 2.28. The summed E-state index contributed by atoms with van der Waals surface area (Å²) in [5.74, 6) is 1.49. The maximum atomic E-state index is 12.7. The molecule has 0 amide bonds. The number of aromatic nitrogens is 2. The molecule has 1 aromatic carbocycles. The summed E-state index contributed by atoms with van der Waals surface area (Å²) in [6.07, 6.45) is 7.28. The zero-order valence-corrected chi connectivity index (χ0v) is 22.2. The summed E-state index contributed by atoms with van der Waals surface area (Å²) in [6.45, 7) is 10.8. The molecule has 5 rings (SSSR count). The van der Waals surface area contributed by atoms with Gasteiger partial charge in [-0.1, -0.05) is 0 Å². The van der Waals surface area contributed by atoms with E-state index in [1.54, 1.807) is 18.3 Å². The second-order valence-corrected chi connectivity index (χ2v) is 10.6. The van der Waals surface area contributed by atoms with Gasteiger partial charge in [-0.15, -0.1) is 0 Å². The number of piperazine rings is 1. The molecule has 3 aromatic rings. The van der Waals surface area contributed by atoms with E-state index in [2.05, 4.69) is 28.6 Å². The molecular formula is C29H38N4O4. The van der Waals surface area contributed by atoms with Crippen molar-refractivity contribution in [2.24, 2.45) is 5.92 Å². The summed E-state index contributed by atoms with van der Waals surface area (Å²) in [6, 6.07) is 7.91. The van der Waals surface area contributed by atoms with Crippen LogP contribution in [0.1, 0.15) is 49.9 Å². The van der Waals surface area contributed by atoms with Gasteiger partial charge in [0.25, 0.3) is 0 Å². The first-order valence-corrected chi connectivity index (χ1v) is 13.4. The highest BCUT2D eigenvalue weighted by atomic mass is 16.5. The Kier molecular flexibility index (Phi) is 7.67. The topological polar surface area (TPSA) is 79.5 Å². The Morgan fingerprint density at radius 2 is 1.95 bits per heavy atom. The Bertz CT molecular complexity index is 1240. The molecule has 0 unspecified atom stereocenters. The van der Waals surface area contributed by atoms with E-state index in [9.17, 15) is 9.90 Å². The van der Waals surface area contributed by atoms with Crippen molar-refractivity contribution in [3.05, 3.63) is 42.2 Å². The highest BCUT2D eigenvalue weighted by molar-refractivity contribution is 6.02. The second-order valence-electron chi connectivity index (χ2n) is 10.6. The van der Waals surface area contributed by atoms with Gasteiger partial charge in [-0.2, -0.15) is 0 Å². The summed E-state index contributed by atoms with van der Waals surface area (Å²) in [7, 11) is 1.52. The van der Waals surface area contributed by atoms with Crippen LogP contribution in [0.5, 0.6) is 17.2 Å². The Morgan fingerprint density at radius 1 is 1.16 bits per heavy atom. The molecule has 0 atom stereocenters. The molecule has 0 spiro atoms. The van der Waals surface area contributed by atoms with Crippen molar-refractivity contribution in [2.45, 2.75) is 45.6 Å². The zero-order chi connectivity index (χ0) is 25.9. The van der Waals surface area contributed by atoms with Crippen LogP contribution in [0.2, 0.25) is 0 Å². The number of methoxy groups -OCH3 is 1. The van der Waals surface area contributed by atoms with Crippen LogP contribution >= 0.6 is 0 Å². The van der Waals surface area contributed by atoms with Crippen molar-refractivity contribution < 1.29 is 19.4 Å². The van der Waals surface area contributed by atoms with Crippen molar-refractivity contribution in [3.63, 3.8) is 0 Å². The second kappa shape index (κ2) is 11.1. The smallest absolute Gasteiger partial charge is 0.170 e. The largest absolute Gasteiger partial charge is 0.507 e. The number of hydrogen-bond donors (Lipinski definition) is 1. The highest BCUT2D eigenvalue weighted by Crippen LogP contribution is 2.39. The van der Waals surface area contributed by atoms with Gasteiger partial charge in [-0.25, -0.2) is 4.98 Å². The number of fused-ring (bicyclic) bond motifs is 1. The molecule has 1 saturated heterocycles. The summed E-state index contributed by atoms with van der Waals surface area (Å²) >= 11 is 0. The number of imidazole rings is 1. The summed E-state index contributed by atoms with van der Waals surface area (Å²) in [4.78, 5) is 22.3. The van der Waals surface area contributed by atoms with Crippen LogP contribution in [0.4, 0.5) is 0 Å². The lowest BCUT2D eigenvalue weighted by Crippen LogP contribution is -2.49. The van der Waals surface area contributed by atoms with E-state index in [0.29, 0.717) is 30.7 Å². The van der Waals surface area contributed by atoms with Gasteiger partial charge in [0.1, 0.15) is 28.5 Å². The maximum absolute atomic E-state index is 12.7. The molecule has 1 aliphatic heterocycles.